The summed E-state index contributed by atoms with van der Waals surface area (Å²) in [5.74, 6) is 0.0922. The molecule has 0 radical (unpaired) electrons. The van der Waals surface area contributed by atoms with E-state index in [1.807, 2.05) is 6.92 Å². The summed E-state index contributed by atoms with van der Waals surface area (Å²) >= 11 is 4.74. The second kappa shape index (κ2) is 3.84. The van der Waals surface area contributed by atoms with E-state index in [-0.39, 0.29) is 10.7 Å². The molecule has 1 unspecified atom stereocenters. The number of nitrogens with one attached hydrogen (secondary N) is 1. The van der Waals surface area contributed by atoms with Crippen LogP contribution in [0, 0.1) is 4.77 Å². The molecule has 1 aromatic rings. The first-order valence-corrected chi connectivity index (χ1v) is 5.50. The van der Waals surface area contributed by atoms with E-state index in [0.29, 0.717) is 17.7 Å². The summed E-state index contributed by atoms with van der Waals surface area (Å²) in [5, 5.41) is 0. The Labute approximate surface area is 95.9 Å². The van der Waals surface area contributed by atoms with Crippen LogP contribution in [0.4, 0.5) is 13.2 Å². The van der Waals surface area contributed by atoms with Gasteiger partial charge in [0.1, 0.15) is 0 Å². The molecule has 1 atom stereocenters. The molecule has 1 heterocycles. The van der Waals surface area contributed by atoms with Gasteiger partial charge in [-0.15, -0.1) is 0 Å². The van der Waals surface area contributed by atoms with Crippen LogP contribution in [0.5, 0.6) is 0 Å². The van der Waals surface area contributed by atoms with E-state index in [2.05, 4.69) is 9.97 Å². The van der Waals surface area contributed by atoms with Crippen molar-refractivity contribution in [3.63, 3.8) is 0 Å². The van der Waals surface area contributed by atoms with Crippen LogP contribution in [0.3, 0.4) is 0 Å². The summed E-state index contributed by atoms with van der Waals surface area (Å²) in [7, 11) is 0. The number of H-pyrrole nitrogens is 1. The lowest BCUT2D eigenvalue weighted by atomic mass is 9.87. The number of fused-ring (bicyclic) bond motifs is 1. The number of hydrogen-bond acceptors (Lipinski definition) is 2. The molecule has 1 N–H and O–H groups in total. The number of rotatable bonds is 0. The molecule has 1 aliphatic rings. The monoisotopic (exact) mass is 248 g/mol. The number of alkyl halides is 3. The Kier molecular flexibility index (Phi) is 2.77. The fourth-order valence-electron chi connectivity index (χ4n) is 2.15. The Morgan fingerprint density at radius 3 is 2.75 bits per heavy atom. The number of hydrogen-bond donors (Lipinski definition) is 1. The van der Waals surface area contributed by atoms with Crippen LogP contribution in [0.2, 0.25) is 0 Å². The van der Waals surface area contributed by atoms with Gasteiger partial charge in [-0.05, 0) is 37.4 Å². The van der Waals surface area contributed by atoms with Crippen LogP contribution < -0.4 is 0 Å². The largest absolute Gasteiger partial charge is 0.433 e. The Bertz CT molecular complexity index is 464. The molecule has 2 rings (SSSR count). The average Bonchev–Trinajstić information content (AvgIpc) is 2.17. The van der Waals surface area contributed by atoms with Crippen LogP contribution in [-0.4, -0.2) is 9.97 Å². The second-order valence-corrected chi connectivity index (χ2v) is 4.46. The topological polar surface area (TPSA) is 28.7 Å². The molecule has 6 heteroatoms. The van der Waals surface area contributed by atoms with Gasteiger partial charge >= 0.3 is 6.18 Å². The average molecular weight is 248 g/mol. The molecule has 0 spiro atoms. The van der Waals surface area contributed by atoms with Gasteiger partial charge in [-0.3, -0.25) is 0 Å². The van der Waals surface area contributed by atoms with Crippen molar-refractivity contribution in [3.05, 3.63) is 21.7 Å². The predicted octanol–water partition coefficient (Wildman–Crippen LogP) is 3.60. The van der Waals surface area contributed by atoms with Crippen molar-refractivity contribution in [1.29, 1.82) is 0 Å². The summed E-state index contributed by atoms with van der Waals surface area (Å²) in [5.41, 5.74) is 0.0937. The molecule has 2 nitrogen and oxygen atoms in total. The van der Waals surface area contributed by atoms with Crippen molar-refractivity contribution in [2.75, 3.05) is 0 Å². The molecular weight excluding hydrogens is 237 g/mol. The smallest absolute Gasteiger partial charge is 0.334 e. The quantitative estimate of drug-likeness (QED) is 0.711. The zero-order valence-corrected chi connectivity index (χ0v) is 9.50. The number of nitrogens with zero attached hydrogens (tertiary/aromatic N) is 1. The van der Waals surface area contributed by atoms with Gasteiger partial charge in [0.25, 0.3) is 0 Å². The Hall–Kier alpha value is -0.910. The van der Waals surface area contributed by atoms with Crippen LogP contribution in [-0.2, 0) is 12.6 Å². The molecule has 0 aromatic carbocycles. The minimum atomic E-state index is -4.41. The maximum Gasteiger partial charge on any atom is 0.433 e. The minimum Gasteiger partial charge on any atom is -0.334 e. The van der Waals surface area contributed by atoms with E-state index in [4.69, 9.17) is 12.2 Å². The van der Waals surface area contributed by atoms with Crippen molar-refractivity contribution in [3.8, 4) is 0 Å². The third-order valence-corrected chi connectivity index (χ3v) is 3.08. The Morgan fingerprint density at radius 1 is 1.44 bits per heavy atom. The number of halogens is 3. The lowest BCUT2D eigenvalue weighted by Gasteiger charge is -2.24. The van der Waals surface area contributed by atoms with E-state index in [1.165, 1.54) is 0 Å². The highest BCUT2D eigenvalue weighted by Gasteiger charge is 2.38. The van der Waals surface area contributed by atoms with E-state index in [1.54, 1.807) is 0 Å². The normalized spacial score (nSPS) is 20.6. The molecule has 16 heavy (non-hydrogen) atoms. The lowest BCUT2D eigenvalue weighted by Crippen LogP contribution is -2.19. The number of aromatic nitrogens is 2. The molecule has 88 valence electrons. The van der Waals surface area contributed by atoms with Crippen LogP contribution >= 0.6 is 12.2 Å². The summed E-state index contributed by atoms with van der Waals surface area (Å²) in [6.45, 7) is 1.91. The van der Waals surface area contributed by atoms with Gasteiger partial charge in [0, 0.05) is 11.3 Å². The van der Waals surface area contributed by atoms with E-state index >= 15 is 0 Å². The predicted molar refractivity (Wildman–Crippen MR) is 55.8 cm³/mol. The minimum absolute atomic E-state index is 0.0835. The molecule has 1 aliphatic carbocycles. The molecular formula is C10H11F3N2S. The molecule has 0 saturated carbocycles. The molecule has 1 aromatic heterocycles. The Morgan fingerprint density at radius 2 is 2.12 bits per heavy atom. The van der Waals surface area contributed by atoms with Gasteiger partial charge in [0.2, 0.25) is 0 Å². The molecule has 0 aliphatic heterocycles. The molecule has 0 fully saturated rings. The third kappa shape index (κ3) is 1.98. The van der Waals surface area contributed by atoms with Crippen molar-refractivity contribution in [2.24, 2.45) is 0 Å². The van der Waals surface area contributed by atoms with Gasteiger partial charge in [0.05, 0.1) is 0 Å². The van der Waals surface area contributed by atoms with E-state index in [0.717, 1.165) is 12.8 Å². The first-order chi connectivity index (χ1) is 7.39. The zero-order valence-electron chi connectivity index (χ0n) is 8.69. The highest BCUT2D eigenvalue weighted by atomic mass is 32.1. The number of aromatic amines is 1. The van der Waals surface area contributed by atoms with Crippen LogP contribution in [0.1, 0.15) is 42.6 Å². The standard InChI is InChI=1S/C10H11F3N2S/c1-5-3-2-4-6-7(5)14-9(16)15-8(6)10(11,12)13/h5H,2-4H2,1H3,(H,14,15,16). The van der Waals surface area contributed by atoms with Gasteiger partial charge in [-0.25, -0.2) is 4.98 Å². The first-order valence-electron chi connectivity index (χ1n) is 5.10. The fourth-order valence-corrected chi connectivity index (χ4v) is 2.35. The van der Waals surface area contributed by atoms with Crippen LogP contribution in [0.15, 0.2) is 0 Å². The van der Waals surface area contributed by atoms with Gasteiger partial charge in [-0.1, -0.05) is 6.92 Å². The van der Waals surface area contributed by atoms with Crippen molar-refractivity contribution in [1.82, 2.24) is 9.97 Å². The highest BCUT2D eigenvalue weighted by molar-refractivity contribution is 7.71. The highest BCUT2D eigenvalue weighted by Crippen LogP contribution is 2.37. The summed E-state index contributed by atoms with van der Waals surface area (Å²) < 4.78 is 38.2. The van der Waals surface area contributed by atoms with Gasteiger partial charge in [-0.2, -0.15) is 13.2 Å². The van der Waals surface area contributed by atoms with E-state index < -0.39 is 11.9 Å². The van der Waals surface area contributed by atoms with Gasteiger partial charge in [0.15, 0.2) is 10.5 Å². The lowest BCUT2D eigenvalue weighted by molar-refractivity contribution is -0.142. The molecule has 0 saturated heterocycles. The van der Waals surface area contributed by atoms with Crippen molar-refractivity contribution < 1.29 is 13.2 Å². The second-order valence-electron chi connectivity index (χ2n) is 4.07. The van der Waals surface area contributed by atoms with Gasteiger partial charge < -0.3 is 4.98 Å². The molecule has 0 bridgehead atoms. The van der Waals surface area contributed by atoms with E-state index in [9.17, 15) is 13.2 Å². The Balaban J connectivity index is 2.67. The maximum atomic E-state index is 12.8. The SMILES string of the molecule is CC1CCCc2c(C(F)(F)F)nc(=S)[nH]c21. The molecule has 0 amide bonds. The zero-order chi connectivity index (χ0) is 11.9. The first kappa shape index (κ1) is 11.6. The summed E-state index contributed by atoms with van der Waals surface area (Å²) in [6.07, 6.45) is -2.33. The fraction of sp³-hybridized carbons (Fsp3) is 0.600. The summed E-state index contributed by atoms with van der Waals surface area (Å²) in [6, 6.07) is 0. The maximum absolute atomic E-state index is 12.8. The van der Waals surface area contributed by atoms with Crippen LogP contribution in [0.25, 0.3) is 0 Å². The summed E-state index contributed by atoms with van der Waals surface area (Å²) in [4.78, 5) is 6.22. The van der Waals surface area contributed by atoms with Crippen molar-refractivity contribution >= 4 is 12.2 Å². The van der Waals surface area contributed by atoms with Crippen molar-refractivity contribution in [2.45, 2.75) is 38.3 Å². The third-order valence-electron chi connectivity index (χ3n) is 2.89.